The highest BCUT2D eigenvalue weighted by Gasteiger charge is 2.56. The number of hydrogen-bond acceptors (Lipinski definition) is 2. The lowest BCUT2D eigenvalue weighted by molar-refractivity contribution is 0.260. The van der Waals surface area contributed by atoms with E-state index in [-0.39, 0.29) is 18.1 Å². The van der Waals surface area contributed by atoms with Crippen LogP contribution in [0.2, 0.25) is 0 Å². The lowest BCUT2D eigenvalue weighted by Gasteiger charge is -2.41. The van der Waals surface area contributed by atoms with Gasteiger partial charge >= 0.3 is 0 Å². The van der Waals surface area contributed by atoms with Gasteiger partial charge in [-0.25, -0.2) is 0 Å². The zero-order valence-electron chi connectivity index (χ0n) is 17.8. The first-order valence-corrected chi connectivity index (χ1v) is 10.5. The quantitative estimate of drug-likeness (QED) is 0.629. The molecule has 1 fully saturated rings. The van der Waals surface area contributed by atoms with Gasteiger partial charge in [0.2, 0.25) is 0 Å². The molecule has 28 heavy (non-hydrogen) atoms. The molecule has 0 spiro atoms. The van der Waals surface area contributed by atoms with Crippen LogP contribution in [0.4, 0.5) is 0 Å². The first-order chi connectivity index (χ1) is 13.3. The third-order valence-corrected chi connectivity index (χ3v) is 5.52. The second-order valence-corrected chi connectivity index (χ2v) is 8.56. The Labute approximate surface area is 175 Å². The Bertz CT molecular complexity index is 801. The Kier molecular flexibility index (Phi) is 5.90. The third-order valence-electron chi connectivity index (χ3n) is 5.12. The van der Waals surface area contributed by atoms with Gasteiger partial charge in [0.25, 0.3) is 0 Å². The summed E-state index contributed by atoms with van der Waals surface area (Å²) in [5, 5.41) is 0.845. The van der Waals surface area contributed by atoms with Crippen molar-refractivity contribution in [1.82, 2.24) is 9.80 Å². The fourth-order valence-corrected chi connectivity index (χ4v) is 4.81. The molecule has 0 saturated carbocycles. The summed E-state index contributed by atoms with van der Waals surface area (Å²) in [4.78, 5) is 9.80. The summed E-state index contributed by atoms with van der Waals surface area (Å²) in [6, 6.07) is 21.9. The number of rotatable bonds is 5. The molecule has 0 radical (unpaired) electrons. The topological polar surface area (TPSA) is 18.8 Å². The Hall–Kier alpha value is -2.20. The smallest absolute Gasteiger partial charge is 0.178 e. The molecule has 2 aromatic carbocycles. The highest BCUT2D eigenvalue weighted by Crippen LogP contribution is 2.46. The average Bonchev–Trinajstić information content (AvgIpc) is 2.91. The molecule has 1 aliphatic heterocycles. The molecule has 0 atom stereocenters. The fourth-order valence-electron chi connectivity index (χ4n) is 4.17. The number of thiocarbonyl (C=S) groups is 1. The van der Waals surface area contributed by atoms with E-state index in [2.05, 4.69) is 112 Å². The predicted molar refractivity (Wildman–Crippen MR) is 123 cm³/mol. The minimum Gasteiger partial charge on any atom is -0.326 e. The van der Waals surface area contributed by atoms with Crippen LogP contribution >= 0.6 is 12.2 Å². The number of benzene rings is 2. The van der Waals surface area contributed by atoms with E-state index in [4.69, 9.17) is 17.2 Å². The van der Waals surface area contributed by atoms with E-state index in [1.54, 1.807) is 0 Å². The van der Waals surface area contributed by atoms with Gasteiger partial charge in [0.15, 0.2) is 10.7 Å². The maximum atomic E-state index is 6.06. The van der Waals surface area contributed by atoms with Gasteiger partial charge < -0.3 is 9.80 Å². The SMILES string of the molecule is CC(C)N=C1N(C(C)C)C(=S)N(C(C)C)C1(c1ccccc1)c1ccccc1. The number of aliphatic imine (C=N–C) groups is 1. The number of nitrogens with zero attached hydrogens (tertiary/aromatic N) is 3. The molecule has 1 saturated heterocycles. The van der Waals surface area contributed by atoms with Gasteiger partial charge in [-0.3, -0.25) is 4.99 Å². The summed E-state index contributed by atoms with van der Waals surface area (Å²) < 4.78 is 0. The minimum absolute atomic E-state index is 0.165. The number of hydrogen-bond donors (Lipinski definition) is 0. The van der Waals surface area contributed by atoms with Crippen molar-refractivity contribution in [2.45, 2.75) is 65.2 Å². The van der Waals surface area contributed by atoms with E-state index in [1.807, 2.05) is 0 Å². The van der Waals surface area contributed by atoms with Crippen molar-refractivity contribution in [2.24, 2.45) is 4.99 Å². The molecule has 3 rings (SSSR count). The highest BCUT2D eigenvalue weighted by atomic mass is 32.1. The van der Waals surface area contributed by atoms with Crippen molar-refractivity contribution in [2.75, 3.05) is 0 Å². The van der Waals surface area contributed by atoms with Crippen LogP contribution in [0.5, 0.6) is 0 Å². The van der Waals surface area contributed by atoms with Gasteiger partial charge in [0, 0.05) is 18.1 Å². The lowest BCUT2D eigenvalue weighted by atomic mass is 9.80. The van der Waals surface area contributed by atoms with Gasteiger partial charge in [-0.05, 0) is 64.9 Å². The summed E-state index contributed by atoms with van der Waals surface area (Å²) in [6.07, 6.45) is 0. The Morgan fingerprint density at radius 2 is 1.21 bits per heavy atom. The van der Waals surface area contributed by atoms with Crippen LogP contribution < -0.4 is 0 Å². The maximum Gasteiger partial charge on any atom is 0.178 e. The second kappa shape index (κ2) is 8.04. The molecule has 0 unspecified atom stereocenters. The molecule has 148 valence electrons. The van der Waals surface area contributed by atoms with Crippen molar-refractivity contribution in [3.8, 4) is 0 Å². The molecular weight excluding hydrogens is 362 g/mol. The summed E-state index contributed by atoms with van der Waals surface area (Å²) in [5.41, 5.74) is 1.85. The molecule has 0 bridgehead atoms. The van der Waals surface area contributed by atoms with Crippen LogP contribution in [-0.4, -0.2) is 38.9 Å². The Morgan fingerprint density at radius 1 is 0.750 bits per heavy atom. The molecule has 0 aromatic heterocycles. The Balaban J connectivity index is 2.46. The van der Waals surface area contributed by atoms with Gasteiger partial charge in [0.05, 0.1) is 0 Å². The van der Waals surface area contributed by atoms with Crippen molar-refractivity contribution in [1.29, 1.82) is 0 Å². The van der Waals surface area contributed by atoms with Crippen LogP contribution in [0.15, 0.2) is 65.7 Å². The van der Waals surface area contributed by atoms with E-state index in [0.717, 1.165) is 10.9 Å². The normalized spacial score (nSPS) is 18.2. The summed E-state index contributed by atoms with van der Waals surface area (Å²) in [5.74, 6) is 1.02. The van der Waals surface area contributed by atoms with Crippen LogP contribution in [0.25, 0.3) is 0 Å². The van der Waals surface area contributed by atoms with Crippen LogP contribution in [0, 0.1) is 0 Å². The van der Waals surface area contributed by atoms with Gasteiger partial charge in [-0.2, -0.15) is 0 Å². The first kappa shape index (κ1) is 20.5. The zero-order chi connectivity index (χ0) is 20.5. The summed E-state index contributed by atoms with van der Waals surface area (Å²) in [7, 11) is 0. The van der Waals surface area contributed by atoms with Crippen LogP contribution in [-0.2, 0) is 5.54 Å². The maximum absolute atomic E-state index is 6.06. The average molecular weight is 394 g/mol. The highest BCUT2D eigenvalue weighted by molar-refractivity contribution is 7.80. The predicted octanol–water partition coefficient (Wildman–Crippen LogP) is 5.46. The van der Waals surface area contributed by atoms with Crippen LogP contribution in [0.3, 0.4) is 0 Å². The first-order valence-electron chi connectivity index (χ1n) is 10.1. The molecule has 3 nitrogen and oxygen atoms in total. The minimum atomic E-state index is -0.539. The van der Waals surface area contributed by atoms with E-state index in [9.17, 15) is 0 Å². The Morgan fingerprint density at radius 3 is 1.57 bits per heavy atom. The standard InChI is InChI=1S/C24H31N3S/c1-17(2)25-22-24(20-13-9-7-10-14-20,21-15-11-8-12-16-21)27(19(5)6)23(28)26(22)18(3)4/h7-19H,1-6H3. The molecule has 4 heteroatoms. The van der Waals surface area contributed by atoms with E-state index in [1.165, 1.54) is 11.1 Å². The fraction of sp³-hybridized carbons (Fsp3) is 0.417. The van der Waals surface area contributed by atoms with E-state index >= 15 is 0 Å². The van der Waals surface area contributed by atoms with Crippen molar-refractivity contribution in [3.63, 3.8) is 0 Å². The molecule has 0 amide bonds. The van der Waals surface area contributed by atoms with Crippen molar-refractivity contribution in [3.05, 3.63) is 71.8 Å². The van der Waals surface area contributed by atoms with E-state index in [0.29, 0.717) is 0 Å². The largest absolute Gasteiger partial charge is 0.326 e. The molecule has 1 heterocycles. The third kappa shape index (κ3) is 3.24. The van der Waals surface area contributed by atoms with Crippen LogP contribution in [0.1, 0.15) is 52.7 Å². The van der Waals surface area contributed by atoms with Gasteiger partial charge in [-0.1, -0.05) is 60.7 Å². The van der Waals surface area contributed by atoms with Gasteiger partial charge in [0.1, 0.15) is 5.84 Å². The molecule has 2 aromatic rings. The second-order valence-electron chi connectivity index (χ2n) is 8.20. The molecule has 0 aliphatic carbocycles. The lowest BCUT2D eigenvalue weighted by Crippen LogP contribution is -2.51. The van der Waals surface area contributed by atoms with Gasteiger partial charge in [-0.15, -0.1) is 0 Å². The van der Waals surface area contributed by atoms with E-state index < -0.39 is 5.54 Å². The summed E-state index contributed by atoms with van der Waals surface area (Å²) >= 11 is 6.06. The molecule has 1 aliphatic rings. The van der Waals surface area contributed by atoms with Crippen molar-refractivity contribution < 1.29 is 0 Å². The monoisotopic (exact) mass is 393 g/mol. The summed E-state index contributed by atoms with van der Waals surface area (Å²) in [6.45, 7) is 13.1. The van der Waals surface area contributed by atoms with Crippen molar-refractivity contribution >= 4 is 23.2 Å². The molecular formula is C24H31N3S. The zero-order valence-corrected chi connectivity index (χ0v) is 18.6. The molecule has 0 N–H and O–H groups in total. The number of amidine groups is 1.